The minimum absolute atomic E-state index is 0.938. The molecule has 0 aliphatic heterocycles. The van der Waals surface area contributed by atoms with E-state index in [1.54, 1.807) is 7.11 Å². The van der Waals surface area contributed by atoms with Crippen molar-refractivity contribution in [1.82, 2.24) is 9.88 Å². The molecule has 0 aliphatic rings. The number of aromatic nitrogens is 1. The lowest BCUT2D eigenvalue weighted by atomic mass is 10.2. The molecule has 3 aromatic rings. The quantitative estimate of drug-likeness (QED) is 0.701. The molecule has 3 nitrogen and oxygen atoms in total. The predicted molar refractivity (Wildman–Crippen MR) is 89.3 cm³/mol. The van der Waals surface area contributed by atoms with E-state index in [0.717, 1.165) is 25.4 Å². The highest BCUT2D eigenvalue weighted by Crippen LogP contribution is 2.26. The van der Waals surface area contributed by atoms with Crippen molar-refractivity contribution in [3.63, 3.8) is 0 Å². The van der Waals surface area contributed by atoms with Crippen molar-refractivity contribution in [2.24, 2.45) is 0 Å². The fourth-order valence-corrected chi connectivity index (χ4v) is 3.42. The highest BCUT2D eigenvalue weighted by Gasteiger charge is 2.05. The van der Waals surface area contributed by atoms with Crippen molar-refractivity contribution in [2.45, 2.75) is 20.0 Å². The van der Waals surface area contributed by atoms with Crippen molar-refractivity contribution in [3.05, 3.63) is 52.3 Å². The van der Waals surface area contributed by atoms with Gasteiger partial charge in [-0.3, -0.25) is 0 Å². The summed E-state index contributed by atoms with van der Waals surface area (Å²) in [5.41, 5.74) is 1.23. The van der Waals surface area contributed by atoms with Crippen LogP contribution in [0.1, 0.15) is 9.75 Å². The van der Waals surface area contributed by atoms with Gasteiger partial charge in [0.25, 0.3) is 0 Å². The highest BCUT2D eigenvalue weighted by molar-refractivity contribution is 7.11. The number of nitrogens with zero attached hydrogens (tertiary/aromatic N) is 1. The normalized spacial score (nSPS) is 11.1. The Morgan fingerprint density at radius 3 is 2.86 bits per heavy atom. The second kappa shape index (κ2) is 6.33. The monoisotopic (exact) mass is 300 g/mol. The Kier molecular flexibility index (Phi) is 4.27. The Morgan fingerprint density at radius 1 is 1.19 bits per heavy atom. The molecule has 1 aromatic carbocycles. The molecule has 0 radical (unpaired) electrons. The molecule has 0 unspecified atom stereocenters. The number of thiophene rings is 1. The molecule has 0 bridgehead atoms. The summed E-state index contributed by atoms with van der Waals surface area (Å²) in [6.45, 7) is 5.01. The molecule has 2 aromatic heterocycles. The van der Waals surface area contributed by atoms with Crippen LogP contribution in [0.4, 0.5) is 0 Å². The molecule has 0 atom stereocenters. The zero-order valence-corrected chi connectivity index (χ0v) is 13.2. The summed E-state index contributed by atoms with van der Waals surface area (Å²) in [5.74, 6) is 0.938. The molecular formula is C17H20N2OS. The Labute approximate surface area is 129 Å². The molecule has 21 heavy (non-hydrogen) atoms. The molecule has 0 saturated carbocycles. The van der Waals surface area contributed by atoms with Crippen LogP contribution in [0.5, 0.6) is 5.75 Å². The van der Waals surface area contributed by atoms with E-state index in [4.69, 9.17) is 4.74 Å². The average Bonchev–Trinajstić information content (AvgIpc) is 3.10. The van der Waals surface area contributed by atoms with Crippen molar-refractivity contribution < 1.29 is 4.74 Å². The number of nitrogens with one attached hydrogen (secondary N) is 1. The van der Waals surface area contributed by atoms with Crippen molar-refractivity contribution >= 4 is 22.2 Å². The fourth-order valence-electron chi connectivity index (χ4n) is 2.56. The molecule has 0 saturated heterocycles. The maximum atomic E-state index is 5.40. The van der Waals surface area contributed by atoms with Gasteiger partial charge in [-0.2, -0.15) is 0 Å². The number of rotatable bonds is 6. The van der Waals surface area contributed by atoms with Crippen molar-refractivity contribution in [2.75, 3.05) is 13.7 Å². The molecule has 110 valence electrons. The van der Waals surface area contributed by atoms with Gasteiger partial charge >= 0.3 is 0 Å². The first kappa shape index (κ1) is 14.2. The first-order chi connectivity index (χ1) is 10.3. The molecule has 0 spiro atoms. The van der Waals surface area contributed by atoms with Gasteiger partial charge in [0.1, 0.15) is 5.75 Å². The van der Waals surface area contributed by atoms with Gasteiger partial charge in [-0.05, 0) is 37.3 Å². The van der Waals surface area contributed by atoms with Crippen LogP contribution in [0, 0.1) is 6.92 Å². The van der Waals surface area contributed by atoms with E-state index < -0.39 is 0 Å². The van der Waals surface area contributed by atoms with E-state index in [9.17, 15) is 0 Å². The Hall–Kier alpha value is -1.78. The van der Waals surface area contributed by atoms with Crippen molar-refractivity contribution in [3.8, 4) is 5.75 Å². The minimum atomic E-state index is 0.938. The molecular weight excluding hydrogens is 280 g/mol. The number of hydrogen-bond acceptors (Lipinski definition) is 3. The van der Waals surface area contributed by atoms with Crippen LogP contribution in [0.25, 0.3) is 10.9 Å². The Balaban J connectivity index is 1.60. The van der Waals surface area contributed by atoms with Gasteiger partial charge in [0, 0.05) is 41.0 Å². The molecule has 3 rings (SSSR count). The van der Waals surface area contributed by atoms with E-state index in [0.29, 0.717) is 0 Å². The van der Waals surface area contributed by atoms with Crippen molar-refractivity contribution in [1.29, 1.82) is 0 Å². The zero-order valence-electron chi connectivity index (χ0n) is 12.4. The molecule has 0 amide bonds. The summed E-state index contributed by atoms with van der Waals surface area (Å²) in [6.07, 6.45) is 2.13. The molecule has 0 aliphatic carbocycles. The summed E-state index contributed by atoms with van der Waals surface area (Å²) in [5, 5.41) is 4.68. The first-order valence-corrected chi connectivity index (χ1v) is 7.97. The largest absolute Gasteiger partial charge is 0.496 e. The zero-order chi connectivity index (χ0) is 14.7. The Bertz CT molecular complexity index is 729. The molecule has 2 heterocycles. The molecule has 1 N–H and O–H groups in total. The summed E-state index contributed by atoms with van der Waals surface area (Å²) >= 11 is 1.86. The van der Waals surface area contributed by atoms with Crippen LogP contribution in [0.2, 0.25) is 0 Å². The van der Waals surface area contributed by atoms with Gasteiger partial charge in [0.05, 0.1) is 12.6 Å². The lowest BCUT2D eigenvalue weighted by molar-refractivity contribution is 0.420. The average molecular weight is 300 g/mol. The Morgan fingerprint density at radius 2 is 2.10 bits per heavy atom. The molecule has 0 fully saturated rings. The number of aryl methyl sites for hydroxylation is 1. The standard InChI is InChI=1S/C17H20N2OS/c1-13-6-7-14(21-13)12-18-9-11-19-10-8-15-16(19)4-3-5-17(15)20-2/h3-8,10,18H,9,11-12H2,1-2H3. The van der Waals surface area contributed by atoms with Gasteiger partial charge in [0.15, 0.2) is 0 Å². The smallest absolute Gasteiger partial charge is 0.128 e. The highest BCUT2D eigenvalue weighted by atomic mass is 32.1. The van der Waals surface area contributed by atoms with E-state index in [1.165, 1.54) is 20.7 Å². The van der Waals surface area contributed by atoms with Gasteiger partial charge in [-0.1, -0.05) is 6.07 Å². The summed E-state index contributed by atoms with van der Waals surface area (Å²) in [6, 6.07) is 12.7. The van der Waals surface area contributed by atoms with Gasteiger partial charge < -0.3 is 14.6 Å². The second-order valence-corrected chi connectivity index (χ2v) is 6.46. The third-order valence-corrected chi connectivity index (χ3v) is 4.62. The number of benzene rings is 1. The summed E-state index contributed by atoms with van der Waals surface area (Å²) < 4.78 is 7.67. The summed E-state index contributed by atoms with van der Waals surface area (Å²) in [7, 11) is 1.72. The van der Waals surface area contributed by atoms with Gasteiger partial charge in [0.2, 0.25) is 0 Å². The first-order valence-electron chi connectivity index (χ1n) is 7.16. The number of fused-ring (bicyclic) bond motifs is 1. The predicted octanol–water partition coefficient (Wildman–Crippen LogP) is 3.81. The van der Waals surface area contributed by atoms with Crippen LogP contribution in [0.15, 0.2) is 42.6 Å². The van der Waals surface area contributed by atoms with Crippen LogP contribution >= 0.6 is 11.3 Å². The SMILES string of the molecule is COc1cccc2c1ccn2CCNCc1ccc(C)s1. The lowest BCUT2D eigenvalue weighted by Gasteiger charge is -2.07. The van der Waals surface area contributed by atoms with E-state index in [1.807, 2.05) is 23.5 Å². The van der Waals surface area contributed by atoms with E-state index >= 15 is 0 Å². The van der Waals surface area contributed by atoms with Crippen LogP contribution in [-0.4, -0.2) is 18.2 Å². The van der Waals surface area contributed by atoms with E-state index in [-0.39, 0.29) is 0 Å². The lowest BCUT2D eigenvalue weighted by Crippen LogP contribution is -2.18. The number of ether oxygens (including phenoxy) is 1. The minimum Gasteiger partial charge on any atom is -0.496 e. The number of methoxy groups -OCH3 is 1. The van der Waals surface area contributed by atoms with Crippen LogP contribution < -0.4 is 10.1 Å². The van der Waals surface area contributed by atoms with Gasteiger partial charge in [-0.25, -0.2) is 0 Å². The van der Waals surface area contributed by atoms with Crippen LogP contribution in [0.3, 0.4) is 0 Å². The fraction of sp³-hybridized carbons (Fsp3) is 0.294. The summed E-state index contributed by atoms with van der Waals surface area (Å²) in [4.78, 5) is 2.77. The van der Waals surface area contributed by atoms with Gasteiger partial charge in [-0.15, -0.1) is 11.3 Å². The molecule has 4 heteroatoms. The second-order valence-electron chi connectivity index (χ2n) is 5.09. The topological polar surface area (TPSA) is 26.2 Å². The third kappa shape index (κ3) is 3.12. The third-order valence-electron chi connectivity index (χ3n) is 3.62. The van der Waals surface area contributed by atoms with Crippen LogP contribution in [-0.2, 0) is 13.1 Å². The van der Waals surface area contributed by atoms with E-state index in [2.05, 4.69) is 47.3 Å². The maximum Gasteiger partial charge on any atom is 0.128 e. The maximum absolute atomic E-state index is 5.40. The number of hydrogen-bond donors (Lipinski definition) is 1.